The fourth-order valence-corrected chi connectivity index (χ4v) is 3.87. The van der Waals surface area contributed by atoms with Gasteiger partial charge in [-0.15, -0.1) is 0 Å². The number of nitrogens with zero attached hydrogens (tertiary/aromatic N) is 4. The van der Waals surface area contributed by atoms with Gasteiger partial charge in [0.25, 0.3) is 5.91 Å². The number of benzene rings is 2. The lowest BCUT2D eigenvalue weighted by Crippen LogP contribution is -2.24. The third-order valence-corrected chi connectivity index (χ3v) is 5.60. The molecule has 0 saturated carbocycles. The van der Waals surface area contributed by atoms with Gasteiger partial charge in [-0.05, 0) is 17.7 Å². The van der Waals surface area contributed by atoms with Crippen LogP contribution in [0.2, 0.25) is 0 Å². The van der Waals surface area contributed by atoms with E-state index in [0.29, 0.717) is 16.7 Å². The highest BCUT2D eigenvalue weighted by molar-refractivity contribution is 6.06. The molecular formula is C24H23N5O5. The molecule has 0 radical (unpaired) electrons. The van der Waals surface area contributed by atoms with Gasteiger partial charge in [0.2, 0.25) is 0 Å². The molecule has 10 nitrogen and oxygen atoms in total. The van der Waals surface area contributed by atoms with Crippen molar-refractivity contribution in [3.05, 3.63) is 78.1 Å². The van der Waals surface area contributed by atoms with E-state index in [1.807, 2.05) is 36.4 Å². The van der Waals surface area contributed by atoms with Gasteiger partial charge < -0.3 is 25.0 Å². The average molecular weight is 461 g/mol. The minimum Gasteiger partial charge on any atom is -0.460 e. The number of fused-ring (bicyclic) bond motifs is 1. The van der Waals surface area contributed by atoms with Crippen LogP contribution >= 0.6 is 0 Å². The third kappa shape index (κ3) is 4.34. The van der Waals surface area contributed by atoms with Crippen LogP contribution in [0.15, 0.2) is 67.0 Å². The first-order chi connectivity index (χ1) is 16.6. The number of hydrogen-bond donors (Lipinski definition) is 3. The predicted octanol–water partition coefficient (Wildman–Crippen LogP) is 2.30. The molecule has 0 bridgehead atoms. The second-order valence-electron chi connectivity index (χ2n) is 7.87. The van der Waals surface area contributed by atoms with Gasteiger partial charge >= 0.3 is 6.01 Å². The molecular weight excluding hydrogens is 438 g/mol. The van der Waals surface area contributed by atoms with Crippen molar-refractivity contribution in [3.63, 3.8) is 0 Å². The van der Waals surface area contributed by atoms with E-state index in [9.17, 15) is 15.0 Å². The summed E-state index contributed by atoms with van der Waals surface area (Å²) in [6.07, 6.45) is -0.724. The highest BCUT2D eigenvalue weighted by atomic mass is 16.6. The molecule has 5 rings (SSSR count). The summed E-state index contributed by atoms with van der Waals surface area (Å²) in [6.45, 7) is -0.0835. The van der Waals surface area contributed by atoms with Crippen LogP contribution in [0, 0.1) is 0 Å². The Hall–Kier alpha value is -3.86. The molecule has 1 saturated heterocycles. The summed E-state index contributed by atoms with van der Waals surface area (Å²) in [4.78, 5) is 25.9. The van der Waals surface area contributed by atoms with Crippen molar-refractivity contribution >= 4 is 22.9 Å². The standard InChI is InChI=1S/C24H23N5O5/c30-12-18-17(31)11-19(34-18)29-22-20(27-24(29)33-13-15-7-3-1-4-8-15)21(25-14-26-22)28-23(32)16-9-5-2-6-10-16/h1-10,14,17-19,30-31H,11-13H2,(H,25,26,28,32)/t17-,18+,19+/m1/s1. The first kappa shape index (κ1) is 22.0. The fraction of sp³-hybridized carbons (Fsp3) is 0.250. The lowest BCUT2D eigenvalue weighted by molar-refractivity contribution is -0.0456. The number of nitrogens with one attached hydrogen (secondary N) is 1. The maximum absolute atomic E-state index is 12.7. The van der Waals surface area contributed by atoms with Crippen molar-refractivity contribution in [2.75, 3.05) is 11.9 Å². The monoisotopic (exact) mass is 461 g/mol. The topological polar surface area (TPSA) is 132 Å². The van der Waals surface area contributed by atoms with Crippen LogP contribution in [0.5, 0.6) is 6.01 Å². The second kappa shape index (κ2) is 9.56. The quantitative estimate of drug-likeness (QED) is 0.382. The molecule has 0 spiro atoms. The molecule has 1 fully saturated rings. The SMILES string of the molecule is O=C(Nc1ncnc2c1nc(OCc1ccccc1)n2[C@@H]1C[C@@H](O)[C@H](CO)O1)c1ccccc1. The number of rotatable bonds is 7. The summed E-state index contributed by atoms with van der Waals surface area (Å²) in [5.41, 5.74) is 2.10. The number of aliphatic hydroxyl groups is 2. The van der Waals surface area contributed by atoms with Crippen molar-refractivity contribution in [2.45, 2.75) is 31.5 Å². The molecule has 2 aromatic heterocycles. The molecule has 0 aliphatic carbocycles. The van der Waals surface area contributed by atoms with E-state index < -0.39 is 18.4 Å². The number of aliphatic hydroxyl groups excluding tert-OH is 2. The maximum Gasteiger partial charge on any atom is 0.301 e. The predicted molar refractivity (Wildman–Crippen MR) is 122 cm³/mol. The lowest BCUT2D eigenvalue weighted by Gasteiger charge is -2.16. The van der Waals surface area contributed by atoms with Crippen LogP contribution in [0.25, 0.3) is 11.2 Å². The number of ether oxygens (including phenoxy) is 2. The zero-order valence-corrected chi connectivity index (χ0v) is 18.1. The number of imidazole rings is 1. The van der Waals surface area contributed by atoms with Gasteiger partial charge in [0.1, 0.15) is 25.3 Å². The van der Waals surface area contributed by atoms with Crippen molar-refractivity contribution in [3.8, 4) is 6.01 Å². The van der Waals surface area contributed by atoms with Crippen LogP contribution in [0.1, 0.15) is 28.6 Å². The number of carbonyl (C=O) groups is 1. The van der Waals surface area contributed by atoms with Gasteiger partial charge in [-0.1, -0.05) is 48.5 Å². The van der Waals surface area contributed by atoms with Gasteiger partial charge in [0, 0.05) is 12.0 Å². The van der Waals surface area contributed by atoms with Gasteiger partial charge in [-0.25, -0.2) is 9.97 Å². The van der Waals surface area contributed by atoms with Crippen molar-refractivity contribution in [1.82, 2.24) is 19.5 Å². The Labute approximate surface area is 194 Å². The van der Waals surface area contributed by atoms with E-state index in [0.717, 1.165) is 5.56 Å². The van der Waals surface area contributed by atoms with E-state index in [1.54, 1.807) is 28.8 Å². The molecule has 34 heavy (non-hydrogen) atoms. The number of anilines is 1. The van der Waals surface area contributed by atoms with E-state index >= 15 is 0 Å². The normalized spacial score (nSPS) is 19.9. The molecule has 4 aromatic rings. The minimum absolute atomic E-state index is 0.199. The zero-order chi connectivity index (χ0) is 23.5. The van der Waals surface area contributed by atoms with E-state index in [2.05, 4.69) is 20.3 Å². The highest BCUT2D eigenvalue weighted by Gasteiger charge is 2.37. The van der Waals surface area contributed by atoms with Gasteiger partial charge in [-0.3, -0.25) is 9.36 Å². The first-order valence-electron chi connectivity index (χ1n) is 10.8. The van der Waals surface area contributed by atoms with Gasteiger partial charge in [0.15, 0.2) is 17.0 Å². The van der Waals surface area contributed by atoms with Gasteiger partial charge in [0.05, 0.1) is 12.7 Å². The molecule has 0 unspecified atom stereocenters. The summed E-state index contributed by atoms with van der Waals surface area (Å²) in [7, 11) is 0. The summed E-state index contributed by atoms with van der Waals surface area (Å²) in [6, 6.07) is 18.6. The number of hydrogen-bond acceptors (Lipinski definition) is 8. The molecule has 1 aliphatic rings. The molecule has 174 valence electrons. The number of aromatic nitrogens is 4. The highest BCUT2D eigenvalue weighted by Crippen LogP contribution is 2.36. The molecule has 10 heteroatoms. The fourth-order valence-electron chi connectivity index (χ4n) is 3.87. The third-order valence-electron chi connectivity index (χ3n) is 5.60. The Morgan fingerprint density at radius 2 is 1.85 bits per heavy atom. The zero-order valence-electron chi connectivity index (χ0n) is 18.1. The molecule has 1 amide bonds. The Balaban J connectivity index is 1.52. The summed E-state index contributed by atoms with van der Waals surface area (Å²) in [5, 5.41) is 22.6. The molecule has 1 aliphatic heterocycles. The van der Waals surface area contributed by atoms with Crippen LogP contribution in [-0.4, -0.2) is 54.5 Å². The number of amides is 1. The summed E-state index contributed by atoms with van der Waals surface area (Å²) in [5.74, 6) is -0.116. The van der Waals surface area contributed by atoms with Crippen molar-refractivity contribution < 1.29 is 24.5 Å². The van der Waals surface area contributed by atoms with Crippen molar-refractivity contribution in [2.24, 2.45) is 0 Å². The molecule has 3 heterocycles. The smallest absolute Gasteiger partial charge is 0.301 e. The Morgan fingerprint density at radius 3 is 2.56 bits per heavy atom. The van der Waals surface area contributed by atoms with Crippen LogP contribution in [-0.2, 0) is 11.3 Å². The lowest BCUT2D eigenvalue weighted by atomic mass is 10.2. The largest absolute Gasteiger partial charge is 0.460 e. The van der Waals surface area contributed by atoms with Crippen LogP contribution in [0.3, 0.4) is 0 Å². The van der Waals surface area contributed by atoms with E-state index in [1.165, 1.54) is 6.33 Å². The minimum atomic E-state index is -0.853. The first-order valence-corrected chi connectivity index (χ1v) is 10.8. The van der Waals surface area contributed by atoms with E-state index in [4.69, 9.17) is 9.47 Å². The van der Waals surface area contributed by atoms with E-state index in [-0.39, 0.29) is 37.4 Å². The molecule has 3 N–H and O–H groups in total. The Bertz CT molecular complexity index is 1280. The number of carbonyl (C=O) groups excluding carboxylic acids is 1. The summed E-state index contributed by atoms with van der Waals surface area (Å²) >= 11 is 0. The maximum atomic E-state index is 12.7. The Kier molecular flexibility index (Phi) is 6.17. The molecule has 3 atom stereocenters. The van der Waals surface area contributed by atoms with Crippen LogP contribution in [0.4, 0.5) is 5.82 Å². The average Bonchev–Trinajstić information content (AvgIpc) is 3.44. The second-order valence-corrected chi connectivity index (χ2v) is 7.87. The molecule has 2 aromatic carbocycles. The van der Waals surface area contributed by atoms with Gasteiger partial charge in [-0.2, -0.15) is 4.98 Å². The van der Waals surface area contributed by atoms with Crippen LogP contribution < -0.4 is 10.1 Å². The van der Waals surface area contributed by atoms with Crippen molar-refractivity contribution in [1.29, 1.82) is 0 Å². The summed E-state index contributed by atoms with van der Waals surface area (Å²) < 4.78 is 13.5. The Morgan fingerprint density at radius 1 is 1.12 bits per heavy atom.